The monoisotopic (exact) mass is 394 g/mol. The second-order valence-electron chi connectivity index (χ2n) is 10.9. The van der Waals surface area contributed by atoms with Crippen LogP contribution in [-0.4, -0.2) is 47.2 Å². The highest BCUT2D eigenvalue weighted by Gasteiger charge is 2.71. The summed E-state index contributed by atoms with van der Waals surface area (Å²) in [5.74, 6) is 0. The van der Waals surface area contributed by atoms with Crippen LogP contribution in [0.4, 0.5) is 0 Å². The summed E-state index contributed by atoms with van der Waals surface area (Å²) < 4.78 is 14.0. The van der Waals surface area contributed by atoms with Crippen LogP contribution in [0.15, 0.2) is 0 Å². The van der Waals surface area contributed by atoms with Gasteiger partial charge in [-0.25, -0.2) is 0 Å². The van der Waals surface area contributed by atoms with Crippen molar-refractivity contribution < 1.29 is 8.54 Å². The van der Waals surface area contributed by atoms with Crippen molar-refractivity contribution in [3.63, 3.8) is 0 Å². The number of hydrogen-bond acceptors (Lipinski definition) is 2. The molecule has 0 amide bonds. The maximum Gasteiger partial charge on any atom is 0.306 e. The Morgan fingerprint density at radius 1 is 0.636 bits per heavy atom. The van der Waals surface area contributed by atoms with E-state index in [1.54, 1.807) is 0 Å². The fourth-order valence-electron chi connectivity index (χ4n) is 4.10. The Morgan fingerprint density at radius 2 is 0.955 bits per heavy atom. The predicted molar refractivity (Wildman–Crippen MR) is 116 cm³/mol. The predicted octanol–water partition coefficient (Wildman–Crippen LogP) is 5.86. The molecular formula is C15H42O2Si5. The van der Waals surface area contributed by atoms with Gasteiger partial charge < -0.3 is 8.54 Å². The van der Waals surface area contributed by atoms with Gasteiger partial charge in [0, 0.05) is 7.11 Å². The van der Waals surface area contributed by atoms with E-state index in [9.17, 15) is 0 Å². The van der Waals surface area contributed by atoms with E-state index in [1.807, 2.05) is 7.11 Å². The van der Waals surface area contributed by atoms with E-state index in [2.05, 4.69) is 85.5 Å². The minimum absolute atomic E-state index is 0.298. The van der Waals surface area contributed by atoms with Crippen LogP contribution in [0.2, 0.25) is 82.8 Å². The van der Waals surface area contributed by atoms with E-state index in [1.165, 1.54) is 0 Å². The summed E-state index contributed by atoms with van der Waals surface area (Å²) in [7, 11) is -6.59. The second-order valence-corrected chi connectivity index (χ2v) is 42.1. The summed E-state index contributed by atoms with van der Waals surface area (Å²) in [5, 5.41) is 0. The molecule has 0 bridgehead atoms. The number of hydrogen-bond donors (Lipinski definition) is 0. The molecule has 0 radical (unpaired) electrons. The Bertz CT molecular complexity index is 371. The lowest BCUT2D eigenvalue weighted by molar-refractivity contribution is 0.305. The van der Waals surface area contributed by atoms with Gasteiger partial charge in [0.2, 0.25) is 0 Å². The van der Waals surface area contributed by atoms with E-state index >= 15 is 0 Å². The topological polar surface area (TPSA) is 18.5 Å². The van der Waals surface area contributed by atoms with Crippen molar-refractivity contribution in [2.45, 2.75) is 89.8 Å². The van der Waals surface area contributed by atoms with E-state index < -0.39 is 40.1 Å². The first-order chi connectivity index (χ1) is 9.27. The molecule has 134 valence electrons. The van der Waals surface area contributed by atoms with Gasteiger partial charge >= 0.3 is 8.08 Å². The molecule has 0 aliphatic carbocycles. The molecule has 0 saturated heterocycles. The van der Waals surface area contributed by atoms with E-state index in [0.717, 1.165) is 0 Å². The molecule has 0 aliphatic rings. The smallest absolute Gasteiger partial charge is 0.306 e. The molecule has 2 nitrogen and oxygen atoms in total. The molecule has 0 N–H and O–H groups in total. The summed E-state index contributed by atoms with van der Waals surface area (Å²) in [6.07, 6.45) is 0. The Kier molecular flexibility index (Phi) is 6.67. The van der Waals surface area contributed by atoms with Crippen LogP contribution in [0, 0.1) is 0 Å². The molecule has 0 spiro atoms. The summed E-state index contributed by atoms with van der Waals surface area (Å²) in [6.45, 7) is 32.3. The van der Waals surface area contributed by atoms with Gasteiger partial charge in [-0.05, 0) is 23.9 Å². The third-order valence-corrected chi connectivity index (χ3v) is 40.3. The highest BCUT2D eigenvalue weighted by atomic mass is 29.3. The quantitative estimate of drug-likeness (QED) is 0.503. The Labute approximate surface area is 145 Å². The first kappa shape index (κ1) is 23.0. The molecule has 0 rings (SSSR count). The largest absolute Gasteiger partial charge is 0.438 e. The zero-order valence-electron chi connectivity index (χ0n) is 17.8. The minimum atomic E-state index is -2.31. The Hall–Kier alpha value is 1.00. The zero-order chi connectivity index (χ0) is 18.4. The standard InChI is InChI=1S/C15H42O2Si5/c1-15(18(3,4)5,19(6,7)8)22(16-2,21(12,13)14)17-20(9,10)11/h1-14H3. The average Bonchev–Trinajstić information content (AvgIpc) is 2.18. The Morgan fingerprint density at radius 3 is 1.09 bits per heavy atom. The van der Waals surface area contributed by atoms with Gasteiger partial charge in [-0.3, -0.25) is 0 Å². The van der Waals surface area contributed by atoms with Gasteiger partial charge in [0.05, 0.1) is 16.1 Å². The van der Waals surface area contributed by atoms with Crippen molar-refractivity contribution in [3.05, 3.63) is 0 Å². The van der Waals surface area contributed by atoms with E-state index in [4.69, 9.17) is 8.54 Å². The third-order valence-electron chi connectivity index (χ3n) is 5.38. The molecule has 7 heteroatoms. The van der Waals surface area contributed by atoms with Gasteiger partial charge in [-0.2, -0.15) is 0 Å². The van der Waals surface area contributed by atoms with Gasteiger partial charge in [-0.1, -0.05) is 65.8 Å². The van der Waals surface area contributed by atoms with Gasteiger partial charge in [-0.15, -0.1) is 0 Å². The molecule has 0 aromatic carbocycles. The van der Waals surface area contributed by atoms with Crippen molar-refractivity contribution in [1.29, 1.82) is 0 Å². The van der Waals surface area contributed by atoms with Crippen LogP contribution in [0.3, 0.4) is 0 Å². The van der Waals surface area contributed by atoms with Crippen molar-refractivity contribution in [3.8, 4) is 0 Å². The summed E-state index contributed by atoms with van der Waals surface area (Å²) in [6, 6.07) is 0. The molecule has 0 saturated carbocycles. The van der Waals surface area contributed by atoms with Crippen molar-refractivity contribution in [1.82, 2.24) is 0 Å². The minimum Gasteiger partial charge on any atom is -0.438 e. The summed E-state index contributed by atoms with van der Waals surface area (Å²) >= 11 is 0. The Balaban J connectivity index is 6.73. The molecule has 1 unspecified atom stereocenters. The fourth-order valence-corrected chi connectivity index (χ4v) is 56.2. The van der Waals surface area contributed by atoms with Gasteiger partial charge in [0.1, 0.15) is 7.59 Å². The molecule has 0 fully saturated rings. The zero-order valence-corrected chi connectivity index (χ0v) is 22.8. The summed E-state index contributed by atoms with van der Waals surface area (Å²) in [4.78, 5) is 0. The van der Waals surface area contributed by atoms with Crippen molar-refractivity contribution >= 4 is 40.1 Å². The SMILES string of the molecule is CO[Si](O[Si](C)(C)C)(C(C)([Si](C)(C)C)[Si](C)(C)C)[Si](C)(C)C. The third kappa shape index (κ3) is 3.97. The first-order valence-corrected chi connectivity index (χ1v) is 25.2. The normalized spacial score (nSPS) is 18.3. The van der Waals surface area contributed by atoms with Crippen molar-refractivity contribution in [2.75, 3.05) is 7.11 Å². The van der Waals surface area contributed by atoms with E-state index in [-0.39, 0.29) is 0 Å². The maximum absolute atomic E-state index is 7.14. The second kappa shape index (κ2) is 6.38. The van der Waals surface area contributed by atoms with Crippen LogP contribution >= 0.6 is 0 Å². The van der Waals surface area contributed by atoms with Crippen LogP contribution in [0.1, 0.15) is 6.92 Å². The van der Waals surface area contributed by atoms with Gasteiger partial charge in [0.25, 0.3) is 0 Å². The highest BCUT2D eigenvalue weighted by Crippen LogP contribution is 2.57. The van der Waals surface area contributed by atoms with Crippen LogP contribution in [0.25, 0.3) is 0 Å². The van der Waals surface area contributed by atoms with Crippen molar-refractivity contribution in [2.24, 2.45) is 0 Å². The molecule has 0 aromatic rings. The highest BCUT2D eigenvalue weighted by molar-refractivity contribution is 7.44. The van der Waals surface area contributed by atoms with Crippen LogP contribution in [-0.2, 0) is 8.54 Å². The number of rotatable bonds is 7. The van der Waals surface area contributed by atoms with Crippen LogP contribution in [0.5, 0.6) is 0 Å². The average molecular weight is 395 g/mol. The summed E-state index contributed by atoms with van der Waals surface area (Å²) in [5.41, 5.74) is 0. The van der Waals surface area contributed by atoms with E-state index in [0.29, 0.717) is 4.28 Å². The molecule has 22 heavy (non-hydrogen) atoms. The molecule has 0 aromatic heterocycles. The molecule has 0 aliphatic heterocycles. The lowest BCUT2D eigenvalue weighted by Gasteiger charge is -2.62. The maximum atomic E-state index is 7.14. The molecular weight excluding hydrogens is 353 g/mol. The fraction of sp³-hybridized carbons (Fsp3) is 1.00. The van der Waals surface area contributed by atoms with Crippen LogP contribution < -0.4 is 0 Å². The molecule has 0 heterocycles. The van der Waals surface area contributed by atoms with Gasteiger partial charge in [0.15, 0.2) is 8.32 Å². The lowest BCUT2D eigenvalue weighted by atomic mass is 10.9. The molecule has 1 atom stereocenters. The first-order valence-electron chi connectivity index (χ1n) is 8.52. The lowest BCUT2D eigenvalue weighted by Crippen LogP contribution is -2.80.